The van der Waals surface area contributed by atoms with Gasteiger partial charge in [-0.1, -0.05) is 29.3 Å². The van der Waals surface area contributed by atoms with Crippen LogP contribution in [0, 0.1) is 0 Å². The van der Waals surface area contributed by atoms with Crippen molar-refractivity contribution < 1.29 is 0 Å². The summed E-state index contributed by atoms with van der Waals surface area (Å²) in [7, 11) is 1.93. The number of nitrogens with zero attached hydrogens (tertiary/aromatic N) is 2. The van der Waals surface area contributed by atoms with Crippen molar-refractivity contribution in [3.63, 3.8) is 0 Å². The van der Waals surface area contributed by atoms with Gasteiger partial charge in [0.1, 0.15) is 0 Å². The zero-order chi connectivity index (χ0) is 12.3. The van der Waals surface area contributed by atoms with E-state index in [1.165, 1.54) is 5.69 Å². The van der Waals surface area contributed by atoms with Crippen LogP contribution in [0.4, 0.5) is 5.69 Å². The first-order valence-electron chi connectivity index (χ1n) is 5.33. The molecule has 0 spiro atoms. The van der Waals surface area contributed by atoms with Crippen LogP contribution in [0.15, 0.2) is 30.5 Å². The summed E-state index contributed by atoms with van der Waals surface area (Å²) in [5.74, 6) is 0. The van der Waals surface area contributed by atoms with Crippen LogP contribution in [-0.4, -0.2) is 16.3 Å². The number of aromatic nitrogens is 2. The zero-order valence-electron chi connectivity index (χ0n) is 9.45. The first-order valence-corrected chi connectivity index (χ1v) is 6.09. The topological polar surface area (TPSA) is 29.9 Å². The average Bonchev–Trinajstić information content (AvgIpc) is 2.69. The molecule has 0 unspecified atom stereocenters. The molecule has 3 nitrogen and oxygen atoms in total. The quantitative estimate of drug-likeness (QED) is 0.923. The molecule has 90 valence electrons. The van der Waals surface area contributed by atoms with Crippen LogP contribution >= 0.6 is 23.2 Å². The Hall–Kier alpha value is -1.19. The van der Waals surface area contributed by atoms with Gasteiger partial charge in [0.05, 0.1) is 15.7 Å². The molecule has 1 aromatic carbocycles. The summed E-state index contributed by atoms with van der Waals surface area (Å²) < 4.78 is 1.86. The highest BCUT2D eigenvalue weighted by Crippen LogP contribution is 2.29. The summed E-state index contributed by atoms with van der Waals surface area (Å²) in [6.45, 7) is 0.767. The van der Waals surface area contributed by atoms with Gasteiger partial charge in [-0.25, -0.2) is 0 Å². The molecule has 1 aromatic heterocycles. The van der Waals surface area contributed by atoms with E-state index in [-0.39, 0.29) is 0 Å². The monoisotopic (exact) mass is 269 g/mol. The molecule has 1 heterocycles. The predicted molar refractivity (Wildman–Crippen MR) is 71.9 cm³/mol. The predicted octanol–water partition coefficient (Wildman–Crippen LogP) is 3.38. The summed E-state index contributed by atoms with van der Waals surface area (Å²) in [5.41, 5.74) is 1.96. The number of aryl methyl sites for hydroxylation is 1. The Morgan fingerprint density at radius 1 is 1.24 bits per heavy atom. The maximum Gasteiger partial charge on any atom is 0.0719 e. The maximum atomic E-state index is 6.06. The van der Waals surface area contributed by atoms with Crippen molar-refractivity contribution in [1.82, 2.24) is 9.78 Å². The third-order valence-corrected chi connectivity index (χ3v) is 3.20. The normalized spacial score (nSPS) is 10.5. The van der Waals surface area contributed by atoms with Gasteiger partial charge < -0.3 is 5.32 Å². The van der Waals surface area contributed by atoms with E-state index in [1.807, 2.05) is 36.0 Å². The molecule has 0 saturated heterocycles. The van der Waals surface area contributed by atoms with Gasteiger partial charge in [-0.3, -0.25) is 4.68 Å². The van der Waals surface area contributed by atoms with Crippen LogP contribution in [0.2, 0.25) is 10.0 Å². The van der Waals surface area contributed by atoms with E-state index in [2.05, 4.69) is 10.4 Å². The molecule has 0 aliphatic carbocycles. The number of benzene rings is 1. The molecule has 1 N–H and O–H groups in total. The maximum absolute atomic E-state index is 6.06. The highest BCUT2D eigenvalue weighted by atomic mass is 35.5. The second-order valence-electron chi connectivity index (χ2n) is 3.72. The van der Waals surface area contributed by atoms with Gasteiger partial charge >= 0.3 is 0 Å². The molecule has 0 aliphatic heterocycles. The molecular weight excluding hydrogens is 257 g/mol. The Morgan fingerprint density at radius 3 is 2.53 bits per heavy atom. The minimum Gasteiger partial charge on any atom is -0.382 e. The number of para-hydroxylation sites is 1. The molecule has 0 amide bonds. The minimum absolute atomic E-state index is 0.641. The first kappa shape index (κ1) is 12.3. The van der Waals surface area contributed by atoms with Gasteiger partial charge in [0, 0.05) is 31.9 Å². The SMILES string of the molecule is Cn1nccc1CCNc1c(Cl)cccc1Cl. The van der Waals surface area contributed by atoms with Crippen molar-refractivity contribution in [3.8, 4) is 0 Å². The van der Waals surface area contributed by atoms with Crippen LogP contribution in [0.3, 0.4) is 0 Å². The smallest absolute Gasteiger partial charge is 0.0719 e. The van der Waals surface area contributed by atoms with E-state index in [1.54, 1.807) is 6.20 Å². The third kappa shape index (κ3) is 2.93. The highest BCUT2D eigenvalue weighted by molar-refractivity contribution is 6.39. The van der Waals surface area contributed by atoms with Gasteiger partial charge in [0.25, 0.3) is 0 Å². The number of anilines is 1. The Morgan fingerprint density at radius 2 is 1.94 bits per heavy atom. The Kier molecular flexibility index (Phi) is 3.92. The lowest BCUT2D eigenvalue weighted by atomic mass is 10.2. The molecule has 0 saturated carbocycles. The average molecular weight is 270 g/mol. The van der Waals surface area contributed by atoms with Crippen molar-refractivity contribution in [2.75, 3.05) is 11.9 Å². The molecule has 0 aliphatic rings. The number of rotatable bonds is 4. The number of halogens is 2. The molecule has 2 rings (SSSR count). The van der Waals surface area contributed by atoms with Crippen molar-refractivity contribution >= 4 is 28.9 Å². The zero-order valence-corrected chi connectivity index (χ0v) is 11.0. The van der Waals surface area contributed by atoms with E-state index >= 15 is 0 Å². The minimum atomic E-state index is 0.641. The van der Waals surface area contributed by atoms with Crippen LogP contribution in [0.1, 0.15) is 5.69 Å². The lowest BCUT2D eigenvalue weighted by Crippen LogP contribution is -2.08. The van der Waals surface area contributed by atoms with E-state index in [0.29, 0.717) is 10.0 Å². The van der Waals surface area contributed by atoms with Crippen LogP contribution in [0.25, 0.3) is 0 Å². The summed E-state index contributed by atoms with van der Waals surface area (Å²) in [6.07, 6.45) is 2.66. The fourth-order valence-corrected chi connectivity index (χ4v) is 2.16. The molecular formula is C12H13Cl2N3. The molecule has 2 aromatic rings. The lowest BCUT2D eigenvalue weighted by molar-refractivity contribution is 0.711. The van der Waals surface area contributed by atoms with E-state index in [0.717, 1.165) is 18.7 Å². The van der Waals surface area contributed by atoms with Crippen molar-refractivity contribution in [2.45, 2.75) is 6.42 Å². The molecule has 17 heavy (non-hydrogen) atoms. The second-order valence-corrected chi connectivity index (χ2v) is 4.53. The second kappa shape index (κ2) is 5.43. The van der Waals surface area contributed by atoms with Crippen LogP contribution in [-0.2, 0) is 13.5 Å². The van der Waals surface area contributed by atoms with Gasteiger partial charge in [0.2, 0.25) is 0 Å². The summed E-state index contributed by atoms with van der Waals surface area (Å²) in [5, 5.41) is 8.64. The number of hydrogen-bond acceptors (Lipinski definition) is 2. The number of nitrogens with one attached hydrogen (secondary N) is 1. The van der Waals surface area contributed by atoms with Gasteiger partial charge in [-0.2, -0.15) is 5.10 Å². The van der Waals surface area contributed by atoms with E-state index in [9.17, 15) is 0 Å². The van der Waals surface area contributed by atoms with Crippen molar-refractivity contribution in [1.29, 1.82) is 0 Å². The van der Waals surface area contributed by atoms with Crippen LogP contribution < -0.4 is 5.32 Å². The van der Waals surface area contributed by atoms with Crippen molar-refractivity contribution in [3.05, 3.63) is 46.2 Å². The molecule has 0 fully saturated rings. The molecule has 0 bridgehead atoms. The molecule has 0 radical (unpaired) electrons. The summed E-state index contributed by atoms with van der Waals surface area (Å²) >= 11 is 12.1. The fraction of sp³-hybridized carbons (Fsp3) is 0.250. The van der Waals surface area contributed by atoms with E-state index < -0.39 is 0 Å². The summed E-state index contributed by atoms with van der Waals surface area (Å²) in [6, 6.07) is 7.46. The van der Waals surface area contributed by atoms with Gasteiger partial charge in [-0.15, -0.1) is 0 Å². The molecule has 0 atom stereocenters. The highest BCUT2D eigenvalue weighted by Gasteiger charge is 2.04. The number of hydrogen-bond donors (Lipinski definition) is 1. The third-order valence-electron chi connectivity index (χ3n) is 2.57. The Labute approximate surface area is 110 Å². The largest absolute Gasteiger partial charge is 0.382 e. The molecule has 5 heteroatoms. The fourth-order valence-electron chi connectivity index (χ4n) is 1.63. The Balaban J connectivity index is 1.97. The van der Waals surface area contributed by atoms with Gasteiger partial charge in [-0.05, 0) is 18.2 Å². The Bertz CT molecular complexity index is 488. The summed E-state index contributed by atoms with van der Waals surface area (Å²) in [4.78, 5) is 0. The van der Waals surface area contributed by atoms with E-state index in [4.69, 9.17) is 23.2 Å². The van der Waals surface area contributed by atoms with Gasteiger partial charge in [0.15, 0.2) is 0 Å². The first-order chi connectivity index (χ1) is 8.18. The lowest BCUT2D eigenvalue weighted by Gasteiger charge is -2.10. The van der Waals surface area contributed by atoms with Crippen LogP contribution in [0.5, 0.6) is 0 Å². The van der Waals surface area contributed by atoms with Crippen molar-refractivity contribution in [2.24, 2.45) is 7.05 Å². The standard InChI is InChI=1S/C12H13Cl2N3/c1-17-9(6-8-16-17)5-7-15-12-10(13)3-2-4-11(12)14/h2-4,6,8,15H,5,7H2,1H3.